The van der Waals surface area contributed by atoms with E-state index in [9.17, 15) is 4.21 Å². The highest BCUT2D eigenvalue weighted by molar-refractivity contribution is 7.86. The summed E-state index contributed by atoms with van der Waals surface area (Å²) in [6.07, 6.45) is 9.67. The van der Waals surface area contributed by atoms with Gasteiger partial charge in [0.25, 0.3) is 0 Å². The third-order valence-corrected chi connectivity index (χ3v) is 6.27. The molecule has 1 aliphatic heterocycles. The van der Waals surface area contributed by atoms with Crippen LogP contribution in [-0.4, -0.2) is 45.6 Å². The average molecular weight is 411 g/mol. The molecule has 0 radical (unpaired) electrons. The summed E-state index contributed by atoms with van der Waals surface area (Å²) in [4.78, 5) is 3.28. The van der Waals surface area contributed by atoms with Crippen LogP contribution in [-0.2, 0) is 11.0 Å². The molecule has 1 unspecified atom stereocenters. The van der Waals surface area contributed by atoms with Crippen LogP contribution >= 0.6 is 0 Å². The zero-order valence-electron chi connectivity index (χ0n) is 19.8. The van der Waals surface area contributed by atoms with Crippen molar-refractivity contribution in [3.8, 4) is 0 Å². The van der Waals surface area contributed by atoms with Gasteiger partial charge >= 0.3 is 0 Å². The summed E-state index contributed by atoms with van der Waals surface area (Å²) in [5.41, 5.74) is 1.14. The molecule has 0 aromatic carbocycles. The summed E-state index contributed by atoms with van der Waals surface area (Å²) in [5, 5.41) is 0. The first-order chi connectivity index (χ1) is 13.5. The molecule has 0 saturated carbocycles. The Morgan fingerprint density at radius 2 is 1.54 bits per heavy atom. The molecule has 0 bridgehead atoms. The third-order valence-electron chi connectivity index (χ3n) is 4.73. The van der Waals surface area contributed by atoms with Gasteiger partial charge in [-0.05, 0) is 43.5 Å². The number of piperidine rings is 1. The molecule has 1 fully saturated rings. The Hall–Kier alpha value is -0.970. The van der Waals surface area contributed by atoms with Crippen molar-refractivity contribution >= 4 is 11.0 Å². The minimum Gasteiger partial charge on any atom is -0.301 e. The van der Waals surface area contributed by atoms with Crippen LogP contribution in [0.4, 0.5) is 0 Å². The molecule has 0 amide bonds. The molecule has 3 nitrogen and oxygen atoms in total. The van der Waals surface area contributed by atoms with Crippen LogP contribution in [0, 0.1) is 5.92 Å². The van der Waals surface area contributed by atoms with Crippen molar-refractivity contribution in [1.29, 1.82) is 0 Å². The van der Waals surface area contributed by atoms with Crippen molar-refractivity contribution in [3.05, 3.63) is 47.9 Å². The van der Waals surface area contributed by atoms with Crippen molar-refractivity contribution < 1.29 is 4.21 Å². The summed E-state index contributed by atoms with van der Waals surface area (Å²) in [6.45, 7) is 28.3. The van der Waals surface area contributed by atoms with Crippen molar-refractivity contribution in [2.75, 3.05) is 26.2 Å². The molecular formula is C24H46N2OS. The van der Waals surface area contributed by atoms with Crippen molar-refractivity contribution in [2.45, 2.75) is 74.3 Å². The second-order valence-electron chi connectivity index (χ2n) is 6.43. The Kier molecular flexibility index (Phi) is 18.9. The van der Waals surface area contributed by atoms with Crippen LogP contribution in [0.15, 0.2) is 47.9 Å². The van der Waals surface area contributed by atoms with Gasteiger partial charge in [-0.25, -0.2) is 8.51 Å². The third kappa shape index (κ3) is 9.99. The number of rotatable bonds is 9. The van der Waals surface area contributed by atoms with Crippen LogP contribution in [0.3, 0.4) is 0 Å². The topological polar surface area (TPSA) is 23.6 Å². The van der Waals surface area contributed by atoms with Gasteiger partial charge in [-0.3, -0.25) is 0 Å². The highest BCUT2D eigenvalue weighted by Gasteiger charge is 2.26. The standard InChI is InChI=1S/C20H34N2OS.2C2H6/c1-7-18(17(5)6)11-12-20(8-2)24(23)22-15-13-19(14-16-22)21(9-3)10-4;2*1-2/h7-8,11-12,17,19H,1-2,9-10,13-16H2,3-6H3;2*1-2H3/b18-11+,20-12+;;. The lowest BCUT2D eigenvalue weighted by Gasteiger charge is -2.37. The zero-order chi connectivity index (χ0) is 22.1. The highest BCUT2D eigenvalue weighted by Crippen LogP contribution is 2.21. The fraction of sp³-hybridized carbons (Fsp3) is 0.667. The lowest BCUT2D eigenvalue weighted by Crippen LogP contribution is -2.45. The summed E-state index contributed by atoms with van der Waals surface area (Å²) in [7, 11) is -1.13. The normalized spacial score (nSPS) is 17.4. The molecule has 0 aromatic rings. The van der Waals surface area contributed by atoms with Crippen LogP contribution in [0.1, 0.15) is 68.2 Å². The fourth-order valence-electron chi connectivity index (χ4n) is 3.13. The van der Waals surface area contributed by atoms with E-state index in [1.54, 1.807) is 6.08 Å². The van der Waals surface area contributed by atoms with Crippen LogP contribution < -0.4 is 0 Å². The smallest absolute Gasteiger partial charge is 0.127 e. The summed E-state index contributed by atoms with van der Waals surface area (Å²) < 4.78 is 14.9. The van der Waals surface area contributed by atoms with E-state index in [4.69, 9.17) is 0 Å². The molecule has 0 N–H and O–H groups in total. The monoisotopic (exact) mass is 410 g/mol. The molecular weight excluding hydrogens is 364 g/mol. The van der Waals surface area contributed by atoms with E-state index in [1.165, 1.54) is 0 Å². The largest absolute Gasteiger partial charge is 0.301 e. The Morgan fingerprint density at radius 3 is 1.89 bits per heavy atom. The first-order valence-electron chi connectivity index (χ1n) is 11.1. The number of hydrogen-bond donors (Lipinski definition) is 0. The van der Waals surface area contributed by atoms with Gasteiger partial charge < -0.3 is 4.90 Å². The van der Waals surface area contributed by atoms with Crippen molar-refractivity contribution in [1.82, 2.24) is 9.21 Å². The average Bonchev–Trinajstić information content (AvgIpc) is 2.75. The number of allylic oxidation sites excluding steroid dienone is 5. The predicted octanol–water partition coefficient (Wildman–Crippen LogP) is 6.35. The minimum absolute atomic E-state index is 0.406. The second kappa shape index (κ2) is 18.1. The Bertz CT molecular complexity index is 497. The van der Waals surface area contributed by atoms with Gasteiger partial charge in [0.15, 0.2) is 0 Å². The Balaban J connectivity index is 0. The van der Waals surface area contributed by atoms with E-state index in [1.807, 2.05) is 45.9 Å². The molecule has 0 aliphatic carbocycles. The van der Waals surface area contributed by atoms with Crippen LogP contribution in [0.2, 0.25) is 0 Å². The molecule has 1 rings (SSSR count). The van der Waals surface area contributed by atoms with E-state index in [0.717, 1.165) is 49.5 Å². The quantitative estimate of drug-likeness (QED) is 0.414. The minimum atomic E-state index is -1.13. The van der Waals surface area contributed by atoms with Gasteiger partial charge in [0.1, 0.15) is 11.0 Å². The fourth-order valence-corrected chi connectivity index (χ4v) is 4.30. The molecule has 1 heterocycles. The Morgan fingerprint density at radius 1 is 1.04 bits per heavy atom. The zero-order valence-corrected chi connectivity index (χ0v) is 20.6. The van der Waals surface area contributed by atoms with Gasteiger partial charge in [-0.1, -0.05) is 86.8 Å². The summed E-state index contributed by atoms with van der Waals surface area (Å²) in [5.74, 6) is 0.406. The van der Waals surface area contributed by atoms with E-state index in [2.05, 4.69) is 50.1 Å². The molecule has 1 aliphatic rings. The van der Waals surface area contributed by atoms with Gasteiger partial charge in [-0.15, -0.1) is 0 Å². The maximum absolute atomic E-state index is 12.8. The maximum atomic E-state index is 12.8. The van der Waals surface area contributed by atoms with Gasteiger partial charge in [-0.2, -0.15) is 0 Å². The van der Waals surface area contributed by atoms with E-state index >= 15 is 0 Å². The summed E-state index contributed by atoms with van der Waals surface area (Å²) >= 11 is 0. The lowest BCUT2D eigenvalue weighted by molar-refractivity contribution is 0.154. The number of nitrogens with zero attached hydrogens (tertiary/aromatic N) is 2. The second-order valence-corrected chi connectivity index (χ2v) is 7.92. The van der Waals surface area contributed by atoms with Crippen LogP contribution in [0.5, 0.6) is 0 Å². The van der Waals surface area contributed by atoms with Crippen LogP contribution in [0.25, 0.3) is 0 Å². The first kappa shape index (κ1) is 29.2. The molecule has 164 valence electrons. The predicted molar refractivity (Wildman–Crippen MR) is 130 cm³/mol. The van der Waals surface area contributed by atoms with Crippen molar-refractivity contribution in [3.63, 3.8) is 0 Å². The molecule has 28 heavy (non-hydrogen) atoms. The molecule has 4 heteroatoms. The van der Waals surface area contributed by atoms with E-state index in [-0.39, 0.29) is 0 Å². The molecule has 1 atom stereocenters. The Labute approximate surface area is 178 Å². The van der Waals surface area contributed by atoms with Gasteiger partial charge in [0, 0.05) is 19.1 Å². The van der Waals surface area contributed by atoms with Gasteiger partial charge in [0.05, 0.1) is 4.91 Å². The molecule has 0 spiro atoms. The first-order valence-corrected chi connectivity index (χ1v) is 12.2. The van der Waals surface area contributed by atoms with E-state index < -0.39 is 11.0 Å². The SMILES string of the molecule is C=C/C(=C\C=C(/C=C)S(=O)N1CCC(N(CC)CC)CC1)C(C)C.CC.CC. The molecule has 1 saturated heterocycles. The maximum Gasteiger partial charge on any atom is 0.127 e. The number of hydrogen-bond acceptors (Lipinski definition) is 2. The van der Waals surface area contributed by atoms with Crippen molar-refractivity contribution in [2.24, 2.45) is 5.92 Å². The molecule has 0 aromatic heterocycles. The lowest BCUT2D eigenvalue weighted by atomic mass is 10.0. The van der Waals surface area contributed by atoms with E-state index in [0.29, 0.717) is 12.0 Å². The highest BCUT2D eigenvalue weighted by atomic mass is 32.2. The van der Waals surface area contributed by atoms with Gasteiger partial charge in [0.2, 0.25) is 0 Å². The summed E-state index contributed by atoms with van der Waals surface area (Å²) in [6, 6.07) is 0.623.